The van der Waals surface area contributed by atoms with Gasteiger partial charge in [0.15, 0.2) is 11.6 Å². The molecule has 1 heterocycles. The molecule has 1 aliphatic heterocycles. The first-order valence-electron chi connectivity index (χ1n) is 6.44. The largest absolute Gasteiger partial charge is 0.309 e. The van der Waals surface area contributed by atoms with E-state index in [9.17, 15) is 8.78 Å². The van der Waals surface area contributed by atoms with Gasteiger partial charge in [0.25, 0.3) is 0 Å². The van der Waals surface area contributed by atoms with E-state index >= 15 is 0 Å². The number of piperazine rings is 1. The molecule has 0 bridgehead atoms. The molecule has 1 aliphatic rings. The van der Waals surface area contributed by atoms with Gasteiger partial charge in [-0.2, -0.15) is 0 Å². The van der Waals surface area contributed by atoms with Crippen molar-refractivity contribution >= 4 is 0 Å². The summed E-state index contributed by atoms with van der Waals surface area (Å²) in [7, 11) is 0. The van der Waals surface area contributed by atoms with Crippen LogP contribution in [0.3, 0.4) is 0 Å². The van der Waals surface area contributed by atoms with Gasteiger partial charge in [-0.25, -0.2) is 8.78 Å². The summed E-state index contributed by atoms with van der Waals surface area (Å²) in [6.45, 7) is 7.40. The van der Waals surface area contributed by atoms with E-state index in [1.54, 1.807) is 12.1 Å². The SMILES string of the molecule is CCC1(C)CN(Cc2cccc(F)c2F)CCN1. The third-order valence-corrected chi connectivity index (χ3v) is 3.76. The van der Waals surface area contributed by atoms with E-state index in [4.69, 9.17) is 0 Å². The fraction of sp³-hybridized carbons (Fsp3) is 0.571. The van der Waals surface area contributed by atoms with Gasteiger partial charge < -0.3 is 5.32 Å². The molecule has 18 heavy (non-hydrogen) atoms. The molecular weight excluding hydrogens is 234 g/mol. The van der Waals surface area contributed by atoms with Crippen molar-refractivity contribution in [3.8, 4) is 0 Å². The molecule has 1 saturated heterocycles. The smallest absolute Gasteiger partial charge is 0.163 e. The van der Waals surface area contributed by atoms with E-state index in [-0.39, 0.29) is 5.54 Å². The van der Waals surface area contributed by atoms with Gasteiger partial charge in [-0.15, -0.1) is 0 Å². The van der Waals surface area contributed by atoms with Gasteiger partial charge in [0.1, 0.15) is 0 Å². The molecule has 100 valence electrons. The average Bonchev–Trinajstić information content (AvgIpc) is 2.35. The minimum absolute atomic E-state index is 0.0715. The van der Waals surface area contributed by atoms with E-state index in [2.05, 4.69) is 24.1 Å². The maximum absolute atomic E-state index is 13.6. The molecule has 1 aromatic carbocycles. The highest BCUT2D eigenvalue weighted by atomic mass is 19.2. The van der Waals surface area contributed by atoms with Crippen molar-refractivity contribution in [1.82, 2.24) is 10.2 Å². The number of nitrogens with zero attached hydrogens (tertiary/aromatic N) is 1. The standard InChI is InChI=1S/C14H20F2N2/c1-3-14(2)10-18(8-7-17-14)9-11-5-4-6-12(15)13(11)16/h4-6,17H,3,7-10H2,1-2H3. The highest BCUT2D eigenvalue weighted by Gasteiger charge is 2.28. The van der Waals surface area contributed by atoms with Crippen molar-refractivity contribution in [2.75, 3.05) is 19.6 Å². The van der Waals surface area contributed by atoms with Crippen LogP contribution in [-0.4, -0.2) is 30.1 Å². The van der Waals surface area contributed by atoms with Crippen LogP contribution < -0.4 is 5.32 Å². The third kappa shape index (κ3) is 2.87. The van der Waals surface area contributed by atoms with Gasteiger partial charge in [0, 0.05) is 37.3 Å². The van der Waals surface area contributed by atoms with Gasteiger partial charge in [-0.3, -0.25) is 4.90 Å². The maximum atomic E-state index is 13.6. The van der Waals surface area contributed by atoms with E-state index in [0.29, 0.717) is 12.1 Å². The molecule has 0 saturated carbocycles. The lowest BCUT2D eigenvalue weighted by Crippen LogP contribution is -2.58. The van der Waals surface area contributed by atoms with E-state index in [0.717, 1.165) is 32.1 Å². The molecule has 2 nitrogen and oxygen atoms in total. The van der Waals surface area contributed by atoms with Gasteiger partial charge in [-0.05, 0) is 19.4 Å². The molecule has 4 heteroatoms. The molecule has 0 aromatic heterocycles. The lowest BCUT2D eigenvalue weighted by atomic mass is 9.95. The minimum Gasteiger partial charge on any atom is -0.309 e. The zero-order valence-electron chi connectivity index (χ0n) is 11.0. The van der Waals surface area contributed by atoms with E-state index in [1.807, 2.05) is 0 Å². The van der Waals surface area contributed by atoms with Crippen molar-refractivity contribution in [1.29, 1.82) is 0 Å². The Labute approximate surface area is 107 Å². The number of nitrogens with one attached hydrogen (secondary N) is 1. The summed E-state index contributed by atoms with van der Waals surface area (Å²) in [4.78, 5) is 2.18. The van der Waals surface area contributed by atoms with E-state index in [1.165, 1.54) is 0 Å². The van der Waals surface area contributed by atoms with Crippen LogP contribution >= 0.6 is 0 Å². The average molecular weight is 254 g/mol. The second-order valence-electron chi connectivity index (χ2n) is 5.26. The fourth-order valence-electron chi connectivity index (χ4n) is 2.43. The van der Waals surface area contributed by atoms with Crippen LogP contribution in [0.15, 0.2) is 18.2 Å². The summed E-state index contributed by atoms with van der Waals surface area (Å²) in [5.41, 5.74) is 0.512. The summed E-state index contributed by atoms with van der Waals surface area (Å²) < 4.78 is 26.8. The van der Waals surface area contributed by atoms with Gasteiger partial charge in [0.2, 0.25) is 0 Å². The predicted octanol–water partition coefficient (Wildman–Crippen LogP) is 2.54. The number of halogens is 2. The summed E-state index contributed by atoms with van der Waals surface area (Å²) in [6.07, 6.45) is 1.02. The number of rotatable bonds is 3. The third-order valence-electron chi connectivity index (χ3n) is 3.76. The zero-order chi connectivity index (χ0) is 13.2. The molecule has 1 aromatic rings. The minimum atomic E-state index is -0.763. The highest BCUT2D eigenvalue weighted by molar-refractivity contribution is 5.19. The molecule has 0 aliphatic carbocycles. The Morgan fingerprint density at radius 2 is 2.17 bits per heavy atom. The van der Waals surface area contributed by atoms with Crippen LogP contribution in [0.1, 0.15) is 25.8 Å². The number of hydrogen-bond donors (Lipinski definition) is 1. The van der Waals surface area contributed by atoms with Gasteiger partial charge in [-0.1, -0.05) is 19.1 Å². The Morgan fingerprint density at radius 3 is 2.89 bits per heavy atom. The van der Waals surface area contributed by atoms with Crippen LogP contribution in [0, 0.1) is 11.6 Å². The molecule has 1 atom stereocenters. The van der Waals surface area contributed by atoms with Crippen molar-refractivity contribution in [3.05, 3.63) is 35.4 Å². The molecular formula is C14H20F2N2. The molecule has 1 fully saturated rings. The summed E-state index contributed by atoms with van der Waals surface area (Å²) in [5.74, 6) is -1.48. The lowest BCUT2D eigenvalue weighted by molar-refractivity contribution is 0.132. The first-order chi connectivity index (χ1) is 8.54. The Bertz CT molecular complexity index is 422. The van der Waals surface area contributed by atoms with Crippen LogP contribution in [0.5, 0.6) is 0 Å². The first kappa shape index (κ1) is 13.4. The Kier molecular flexibility index (Phi) is 3.97. The molecule has 1 unspecified atom stereocenters. The fourth-order valence-corrected chi connectivity index (χ4v) is 2.43. The van der Waals surface area contributed by atoms with Crippen LogP contribution in [0.2, 0.25) is 0 Å². The second kappa shape index (κ2) is 5.33. The summed E-state index contributed by atoms with van der Waals surface area (Å²) >= 11 is 0. The lowest BCUT2D eigenvalue weighted by Gasteiger charge is -2.41. The second-order valence-corrected chi connectivity index (χ2v) is 5.26. The van der Waals surface area contributed by atoms with Gasteiger partial charge in [0.05, 0.1) is 0 Å². The molecule has 1 N–H and O–H groups in total. The summed E-state index contributed by atoms with van der Waals surface area (Å²) in [6, 6.07) is 4.38. The predicted molar refractivity (Wildman–Crippen MR) is 68.3 cm³/mol. The Morgan fingerprint density at radius 1 is 1.39 bits per heavy atom. The van der Waals surface area contributed by atoms with Gasteiger partial charge >= 0.3 is 0 Å². The first-order valence-corrected chi connectivity index (χ1v) is 6.44. The zero-order valence-corrected chi connectivity index (χ0v) is 11.0. The maximum Gasteiger partial charge on any atom is 0.163 e. The van der Waals surface area contributed by atoms with Crippen LogP contribution in [0.4, 0.5) is 8.78 Å². The summed E-state index contributed by atoms with van der Waals surface area (Å²) in [5, 5.41) is 3.48. The van der Waals surface area contributed by atoms with Crippen molar-refractivity contribution < 1.29 is 8.78 Å². The number of hydrogen-bond acceptors (Lipinski definition) is 2. The number of benzene rings is 1. The quantitative estimate of drug-likeness (QED) is 0.891. The highest BCUT2D eigenvalue weighted by Crippen LogP contribution is 2.19. The van der Waals surface area contributed by atoms with Crippen molar-refractivity contribution in [3.63, 3.8) is 0 Å². The molecule has 2 rings (SSSR count). The normalized spacial score (nSPS) is 25.3. The Balaban J connectivity index is 2.07. The molecule has 0 radical (unpaired) electrons. The van der Waals surface area contributed by atoms with Crippen molar-refractivity contribution in [2.24, 2.45) is 0 Å². The monoisotopic (exact) mass is 254 g/mol. The Hall–Kier alpha value is -1.00. The van der Waals surface area contributed by atoms with E-state index < -0.39 is 11.6 Å². The van der Waals surface area contributed by atoms with Crippen molar-refractivity contribution in [2.45, 2.75) is 32.4 Å². The van der Waals surface area contributed by atoms with Crippen LogP contribution in [-0.2, 0) is 6.54 Å². The van der Waals surface area contributed by atoms with Crippen LogP contribution in [0.25, 0.3) is 0 Å². The molecule has 0 spiro atoms. The topological polar surface area (TPSA) is 15.3 Å². The molecule has 0 amide bonds.